The molecule has 1 aliphatic heterocycles. The van der Waals surface area contributed by atoms with Gasteiger partial charge in [-0.3, -0.25) is 4.79 Å². The average molecular weight is 423 g/mol. The van der Waals surface area contributed by atoms with Crippen molar-refractivity contribution in [3.8, 4) is 11.5 Å². The molecule has 0 aliphatic carbocycles. The van der Waals surface area contributed by atoms with Crippen molar-refractivity contribution < 1.29 is 14.6 Å². The summed E-state index contributed by atoms with van der Waals surface area (Å²) in [6.07, 6.45) is 0. The van der Waals surface area contributed by atoms with Crippen LogP contribution in [-0.2, 0) is 6.61 Å². The van der Waals surface area contributed by atoms with Gasteiger partial charge in [0, 0.05) is 31.2 Å². The van der Waals surface area contributed by atoms with Crippen molar-refractivity contribution in [3.63, 3.8) is 0 Å². The number of para-hydroxylation sites is 3. The average Bonchev–Trinajstić information content (AvgIpc) is 2.79. The van der Waals surface area contributed by atoms with Gasteiger partial charge in [0.15, 0.2) is 0 Å². The predicted molar refractivity (Wildman–Crippen MR) is 118 cm³/mol. The van der Waals surface area contributed by atoms with Crippen LogP contribution >= 0.6 is 11.6 Å². The van der Waals surface area contributed by atoms with Gasteiger partial charge in [-0.15, -0.1) is 0 Å². The van der Waals surface area contributed by atoms with Crippen LogP contribution in [0.5, 0.6) is 11.5 Å². The van der Waals surface area contributed by atoms with Crippen LogP contribution < -0.4 is 9.64 Å². The molecule has 154 valence electrons. The van der Waals surface area contributed by atoms with Crippen LogP contribution in [0.15, 0.2) is 72.8 Å². The summed E-state index contributed by atoms with van der Waals surface area (Å²) >= 11 is 5.93. The number of halogens is 1. The smallest absolute Gasteiger partial charge is 0.257 e. The second-order valence-corrected chi connectivity index (χ2v) is 7.62. The van der Waals surface area contributed by atoms with E-state index in [0.29, 0.717) is 49.1 Å². The van der Waals surface area contributed by atoms with Gasteiger partial charge in [0.25, 0.3) is 5.91 Å². The molecule has 0 bridgehead atoms. The van der Waals surface area contributed by atoms with Crippen molar-refractivity contribution in [2.75, 3.05) is 31.1 Å². The van der Waals surface area contributed by atoms with E-state index in [-0.39, 0.29) is 11.7 Å². The van der Waals surface area contributed by atoms with Crippen molar-refractivity contribution in [1.29, 1.82) is 0 Å². The third-order valence-corrected chi connectivity index (χ3v) is 5.47. The van der Waals surface area contributed by atoms with Crippen LogP contribution in [0.4, 0.5) is 5.69 Å². The first-order valence-electron chi connectivity index (χ1n) is 9.90. The molecule has 5 nitrogen and oxygen atoms in total. The van der Waals surface area contributed by atoms with Crippen LogP contribution in [0.3, 0.4) is 0 Å². The van der Waals surface area contributed by atoms with Crippen molar-refractivity contribution in [3.05, 3.63) is 88.9 Å². The number of ether oxygens (including phenoxy) is 1. The van der Waals surface area contributed by atoms with E-state index < -0.39 is 0 Å². The Bertz CT molecular complexity index is 1010. The zero-order valence-electron chi connectivity index (χ0n) is 16.5. The standard InChI is InChI=1S/C24H23ClN2O3/c25-19-11-9-18(10-12-19)17-30-23-8-4-1-5-20(23)24(29)27-15-13-26(14-16-27)21-6-2-3-7-22(21)28/h1-12,28H,13-17H2. The molecule has 0 radical (unpaired) electrons. The summed E-state index contributed by atoms with van der Waals surface area (Å²) in [5.41, 5.74) is 2.34. The van der Waals surface area contributed by atoms with Crippen LogP contribution in [0.2, 0.25) is 5.02 Å². The number of rotatable bonds is 5. The maximum atomic E-state index is 13.1. The first kappa shape index (κ1) is 20.1. The third-order valence-electron chi connectivity index (χ3n) is 5.21. The molecule has 6 heteroatoms. The van der Waals surface area contributed by atoms with E-state index in [0.717, 1.165) is 11.3 Å². The van der Waals surface area contributed by atoms with E-state index in [1.54, 1.807) is 18.2 Å². The quantitative estimate of drug-likeness (QED) is 0.653. The molecule has 0 unspecified atom stereocenters. The highest BCUT2D eigenvalue weighted by Crippen LogP contribution is 2.28. The van der Waals surface area contributed by atoms with Gasteiger partial charge in [-0.2, -0.15) is 0 Å². The molecule has 1 amide bonds. The molecule has 1 N–H and O–H groups in total. The second kappa shape index (κ2) is 9.09. The Morgan fingerprint density at radius 3 is 2.30 bits per heavy atom. The second-order valence-electron chi connectivity index (χ2n) is 7.18. The van der Waals surface area contributed by atoms with Gasteiger partial charge >= 0.3 is 0 Å². The molecule has 1 fully saturated rings. The van der Waals surface area contributed by atoms with E-state index >= 15 is 0 Å². The molecular weight excluding hydrogens is 400 g/mol. The number of anilines is 1. The van der Waals surface area contributed by atoms with Crippen LogP contribution in [0, 0.1) is 0 Å². The molecule has 0 aromatic heterocycles. The van der Waals surface area contributed by atoms with Gasteiger partial charge in [-0.25, -0.2) is 0 Å². The van der Waals surface area contributed by atoms with Crippen LogP contribution in [-0.4, -0.2) is 42.1 Å². The molecular formula is C24H23ClN2O3. The van der Waals surface area contributed by atoms with Gasteiger partial charge in [0.1, 0.15) is 18.1 Å². The Morgan fingerprint density at radius 1 is 0.900 bits per heavy atom. The minimum absolute atomic E-state index is 0.0429. The van der Waals surface area contributed by atoms with Gasteiger partial charge in [0.05, 0.1) is 11.3 Å². The lowest BCUT2D eigenvalue weighted by molar-refractivity contribution is 0.0742. The normalized spacial score (nSPS) is 13.9. The zero-order valence-corrected chi connectivity index (χ0v) is 17.3. The summed E-state index contributed by atoms with van der Waals surface area (Å²) in [5.74, 6) is 0.789. The van der Waals surface area contributed by atoms with E-state index in [1.807, 2.05) is 59.5 Å². The number of piperazine rings is 1. The molecule has 3 aromatic rings. The van der Waals surface area contributed by atoms with Crippen molar-refractivity contribution in [1.82, 2.24) is 4.90 Å². The first-order valence-corrected chi connectivity index (χ1v) is 10.3. The first-order chi connectivity index (χ1) is 14.6. The molecule has 0 saturated carbocycles. The molecule has 30 heavy (non-hydrogen) atoms. The van der Waals surface area contributed by atoms with E-state index in [9.17, 15) is 9.90 Å². The molecule has 0 atom stereocenters. The molecule has 1 aliphatic rings. The van der Waals surface area contributed by atoms with Gasteiger partial charge in [0.2, 0.25) is 0 Å². The van der Waals surface area contributed by atoms with E-state index in [2.05, 4.69) is 4.90 Å². The molecule has 1 heterocycles. The number of benzene rings is 3. The minimum Gasteiger partial charge on any atom is -0.506 e. The number of hydrogen-bond acceptors (Lipinski definition) is 4. The van der Waals surface area contributed by atoms with E-state index in [1.165, 1.54) is 0 Å². The lowest BCUT2D eigenvalue weighted by Gasteiger charge is -2.36. The fourth-order valence-electron chi connectivity index (χ4n) is 3.56. The Balaban J connectivity index is 1.41. The van der Waals surface area contributed by atoms with Gasteiger partial charge in [-0.05, 0) is 42.0 Å². The fourth-order valence-corrected chi connectivity index (χ4v) is 3.69. The summed E-state index contributed by atoms with van der Waals surface area (Å²) in [4.78, 5) is 17.1. The number of carbonyl (C=O) groups excluding carboxylic acids is 1. The predicted octanol–water partition coefficient (Wildman–Crippen LogP) is 4.59. The summed E-state index contributed by atoms with van der Waals surface area (Å²) in [6.45, 7) is 2.86. The summed E-state index contributed by atoms with van der Waals surface area (Å²) < 4.78 is 5.95. The SMILES string of the molecule is O=C(c1ccccc1OCc1ccc(Cl)cc1)N1CCN(c2ccccc2O)CC1. The molecule has 3 aromatic carbocycles. The van der Waals surface area contributed by atoms with E-state index in [4.69, 9.17) is 16.3 Å². The van der Waals surface area contributed by atoms with Crippen LogP contribution in [0.1, 0.15) is 15.9 Å². The summed E-state index contributed by atoms with van der Waals surface area (Å²) in [6, 6.07) is 22.1. The Kier molecular flexibility index (Phi) is 6.10. The third kappa shape index (κ3) is 4.52. The van der Waals surface area contributed by atoms with Crippen molar-refractivity contribution in [2.24, 2.45) is 0 Å². The maximum Gasteiger partial charge on any atom is 0.257 e. The van der Waals surface area contributed by atoms with Crippen LogP contribution in [0.25, 0.3) is 0 Å². The number of aromatic hydroxyl groups is 1. The largest absolute Gasteiger partial charge is 0.506 e. The highest BCUT2D eigenvalue weighted by molar-refractivity contribution is 6.30. The topological polar surface area (TPSA) is 53.0 Å². The van der Waals surface area contributed by atoms with Gasteiger partial charge in [-0.1, -0.05) is 48.0 Å². The number of nitrogens with zero attached hydrogens (tertiary/aromatic N) is 2. The zero-order chi connectivity index (χ0) is 20.9. The fraction of sp³-hybridized carbons (Fsp3) is 0.208. The molecule has 1 saturated heterocycles. The van der Waals surface area contributed by atoms with Gasteiger partial charge < -0.3 is 19.6 Å². The summed E-state index contributed by atoms with van der Waals surface area (Å²) in [7, 11) is 0. The monoisotopic (exact) mass is 422 g/mol. The van der Waals surface area contributed by atoms with Crippen molar-refractivity contribution >= 4 is 23.2 Å². The molecule has 0 spiro atoms. The number of amides is 1. The highest BCUT2D eigenvalue weighted by atomic mass is 35.5. The Morgan fingerprint density at radius 2 is 1.57 bits per heavy atom. The highest BCUT2D eigenvalue weighted by Gasteiger charge is 2.25. The number of hydrogen-bond donors (Lipinski definition) is 1. The lowest BCUT2D eigenvalue weighted by atomic mass is 10.1. The Labute approximate surface area is 181 Å². The minimum atomic E-state index is -0.0429. The lowest BCUT2D eigenvalue weighted by Crippen LogP contribution is -2.48. The number of carbonyl (C=O) groups is 1. The number of phenols is 1. The molecule has 4 rings (SSSR count). The van der Waals surface area contributed by atoms with Crippen molar-refractivity contribution in [2.45, 2.75) is 6.61 Å². The maximum absolute atomic E-state index is 13.1. The Hall–Kier alpha value is -3.18. The number of phenolic OH excluding ortho intramolecular Hbond substituents is 1. The summed E-state index contributed by atoms with van der Waals surface area (Å²) in [5, 5.41) is 10.8.